The highest BCUT2D eigenvalue weighted by atomic mass is 35.5. The molecule has 0 aromatic heterocycles. The lowest BCUT2D eigenvalue weighted by molar-refractivity contribution is -0.849. The maximum absolute atomic E-state index is 2.44. The van der Waals surface area contributed by atoms with E-state index in [9.17, 15) is 0 Å². The van der Waals surface area contributed by atoms with E-state index in [-0.39, 0.29) is 12.4 Å². The molecule has 4 heteroatoms. The largest absolute Gasteiger partial charge is 1.00 e. The third-order valence-electron chi connectivity index (χ3n) is 2.68. The number of rotatable bonds is 8. The van der Waals surface area contributed by atoms with Gasteiger partial charge in [0.05, 0.1) is 18.6 Å². The summed E-state index contributed by atoms with van der Waals surface area (Å²) >= 11 is 2.06. The van der Waals surface area contributed by atoms with Crippen LogP contribution in [0.4, 0.5) is 0 Å². The summed E-state index contributed by atoms with van der Waals surface area (Å²) in [4.78, 5) is 4.05. The first-order valence-electron chi connectivity index (χ1n) is 6.21. The van der Waals surface area contributed by atoms with E-state index < -0.39 is 0 Å². The van der Waals surface area contributed by atoms with E-state index in [1.54, 1.807) is 4.90 Å². The molecule has 1 heterocycles. The second-order valence-corrected chi connectivity index (χ2v) is 5.29. The Hall–Kier alpha value is 0.140. The molecule has 0 amide bonds. The minimum absolute atomic E-state index is 0. The van der Waals surface area contributed by atoms with Gasteiger partial charge in [-0.2, -0.15) is 0 Å². The summed E-state index contributed by atoms with van der Waals surface area (Å²) in [5, 5.41) is 0. The first-order chi connectivity index (χ1) is 7.36. The Morgan fingerprint density at radius 2 is 2.00 bits per heavy atom. The van der Waals surface area contributed by atoms with Crippen molar-refractivity contribution in [1.29, 1.82) is 0 Å². The average Bonchev–Trinajstić information content (AvgIpc) is 2.69. The molecule has 1 aliphatic heterocycles. The van der Waals surface area contributed by atoms with Gasteiger partial charge in [0.1, 0.15) is 6.20 Å². The molecular formula is C12H25ClN2S. The predicted octanol–water partition coefficient (Wildman–Crippen LogP) is -1.09. The summed E-state index contributed by atoms with van der Waals surface area (Å²) in [5.41, 5.74) is 0. The lowest BCUT2D eigenvalue weighted by atomic mass is 10.3. The van der Waals surface area contributed by atoms with Crippen molar-refractivity contribution < 1.29 is 17.3 Å². The van der Waals surface area contributed by atoms with Gasteiger partial charge in [-0.3, -0.25) is 4.90 Å². The lowest BCUT2D eigenvalue weighted by Gasteiger charge is -2.16. The number of hydrogen-bond acceptors (Lipinski definition) is 2. The Balaban J connectivity index is 0.00000225. The van der Waals surface area contributed by atoms with Gasteiger partial charge in [-0.1, -0.05) is 26.7 Å². The van der Waals surface area contributed by atoms with Crippen LogP contribution in [0.3, 0.4) is 0 Å². The number of thioether (sulfide) groups is 1. The van der Waals surface area contributed by atoms with E-state index in [1.165, 1.54) is 50.5 Å². The van der Waals surface area contributed by atoms with E-state index in [2.05, 4.69) is 42.9 Å². The van der Waals surface area contributed by atoms with Gasteiger partial charge in [0.25, 0.3) is 0 Å². The van der Waals surface area contributed by atoms with Gasteiger partial charge in [-0.25, -0.2) is 0 Å². The molecule has 0 saturated heterocycles. The minimum Gasteiger partial charge on any atom is -1.00 e. The summed E-state index contributed by atoms with van der Waals surface area (Å²) in [7, 11) is 0. The van der Waals surface area contributed by atoms with Crippen LogP contribution in [0.5, 0.6) is 0 Å². The Bertz CT molecular complexity index is 188. The van der Waals surface area contributed by atoms with Crippen molar-refractivity contribution >= 4 is 11.8 Å². The molecular weight excluding hydrogens is 240 g/mol. The molecule has 16 heavy (non-hydrogen) atoms. The average molecular weight is 265 g/mol. The van der Waals surface area contributed by atoms with Gasteiger partial charge in [0.2, 0.25) is 0 Å². The molecule has 1 N–H and O–H groups in total. The fraction of sp³-hybridized carbons (Fsp3) is 0.833. The summed E-state index contributed by atoms with van der Waals surface area (Å²) in [6.07, 6.45) is 9.91. The van der Waals surface area contributed by atoms with E-state index in [0.29, 0.717) is 0 Å². The zero-order valence-corrected chi connectivity index (χ0v) is 12.1. The van der Waals surface area contributed by atoms with Crippen molar-refractivity contribution in [3.63, 3.8) is 0 Å². The highest BCUT2D eigenvalue weighted by Crippen LogP contribution is 2.07. The maximum Gasteiger partial charge on any atom is 0.157 e. The molecule has 0 saturated carbocycles. The molecule has 0 spiro atoms. The van der Waals surface area contributed by atoms with Gasteiger partial charge < -0.3 is 17.3 Å². The summed E-state index contributed by atoms with van der Waals surface area (Å²) < 4.78 is 0. The molecule has 1 atom stereocenters. The second-order valence-electron chi connectivity index (χ2n) is 4.22. The maximum atomic E-state index is 2.44. The number of halogens is 1. The van der Waals surface area contributed by atoms with Gasteiger partial charge in [0, 0.05) is 0 Å². The van der Waals surface area contributed by atoms with E-state index in [0.717, 1.165) is 0 Å². The Morgan fingerprint density at radius 3 is 2.69 bits per heavy atom. The van der Waals surface area contributed by atoms with Crippen LogP contribution < -0.4 is 17.3 Å². The topological polar surface area (TPSA) is 7.68 Å². The van der Waals surface area contributed by atoms with Crippen molar-refractivity contribution in [2.24, 2.45) is 0 Å². The quantitative estimate of drug-likeness (QED) is 0.558. The van der Waals surface area contributed by atoms with Crippen molar-refractivity contribution in [1.82, 2.24) is 4.90 Å². The Kier molecular flexibility index (Phi) is 10.4. The summed E-state index contributed by atoms with van der Waals surface area (Å²) in [6.45, 7) is 6.99. The molecule has 0 aliphatic carbocycles. The third kappa shape index (κ3) is 6.66. The molecule has 96 valence electrons. The normalized spacial score (nSPS) is 18.9. The van der Waals surface area contributed by atoms with Gasteiger partial charge in [-0.05, 0) is 18.6 Å². The van der Waals surface area contributed by atoms with Crippen LogP contribution in [0.1, 0.15) is 39.5 Å². The number of unbranched alkanes of at least 4 members (excludes halogenated alkanes) is 2. The van der Waals surface area contributed by atoms with E-state index in [4.69, 9.17) is 0 Å². The van der Waals surface area contributed by atoms with Crippen molar-refractivity contribution in [3.8, 4) is 0 Å². The number of hydrogen-bond donors (Lipinski definition) is 1. The fourth-order valence-corrected chi connectivity index (χ4v) is 2.69. The van der Waals surface area contributed by atoms with Crippen LogP contribution in [0.25, 0.3) is 0 Å². The summed E-state index contributed by atoms with van der Waals surface area (Å²) in [6, 6.07) is 0. The zero-order chi connectivity index (χ0) is 10.9. The van der Waals surface area contributed by atoms with Crippen LogP contribution in [-0.2, 0) is 0 Å². The molecule has 0 radical (unpaired) electrons. The predicted molar refractivity (Wildman–Crippen MR) is 68.8 cm³/mol. The number of nitrogens with one attached hydrogen (secondary N) is 1. The molecule has 0 fully saturated rings. The van der Waals surface area contributed by atoms with Crippen LogP contribution in [0.2, 0.25) is 0 Å². The smallest absolute Gasteiger partial charge is 0.157 e. The monoisotopic (exact) mass is 264 g/mol. The van der Waals surface area contributed by atoms with Crippen LogP contribution >= 0.6 is 11.8 Å². The highest BCUT2D eigenvalue weighted by Gasteiger charge is 2.15. The SMILES string of the molecule is CCCCSCN1C=C[NH+](CCCC)C1.[Cl-]. The van der Waals surface area contributed by atoms with Gasteiger partial charge in [-0.15, -0.1) is 11.8 Å². The fourth-order valence-electron chi connectivity index (χ4n) is 1.66. The van der Waals surface area contributed by atoms with Crippen molar-refractivity contribution in [3.05, 3.63) is 12.4 Å². The van der Waals surface area contributed by atoms with Crippen molar-refractivity contribution in [2.75, 3.05) is 24.8 Å². The number of nitrogens with zero attached hydrogens (tertiary/aromatic N) is 1. The number of quaternary nitrogens is 1. The first kappa shape index (κ1) is 16.1. The highest BCUT2D eigenvalue weighted by molar-refractivity contribution is 7.99. The Morgan fingerprint density at radius 1 is 1.25 bits per heavy atom. The van der Waals surface area contributed by atoms with Crippen molar-refractivity contribution in [2.45, 2.75) is 39.5 Å². The van der Waals surface area contributed by atoms with Gasteiger partial charge in [0.15, 0.2) is 6.67 Å². The minimum atomic E-state index is 0. The third-order valence-corrected chi connectivity index (χ3v) is 3.77. The van der Waals surface area contributed by atoms with Crippen LogP contribution in [0.15, 0.2) is 12.4 Å². The van der Waals surface area contributed by atoms with E-state index >= 15 is 0 Å². The second kappa shape index (κ2) is 10.3. The zero-order valence-electron chi connectivity index (χ0n) is 10.5. The molecule has 0 aromatic rings. The Labute approximate surface area is 111 Å². The molecule has 2 nitrogen and oxygen atoms in total. The van der Waals surface area contributed by atoms with Gasteiger partial charge >= 0.3 is 0 Å². The first-order valence-corrected chi connectivity index (χ1v) is 7.37. The van der Waals surface area contributed by atoms with Crippen LogP contribution in [-0.4, -0.2) is 29.7 Å². The lowest BCUT2D eigenvalue weighted by Crippen LogP contribution is -3.07. The molecule has 1 aliphatic rings. The summed E-state index contributed by atoms with van der Waals surface area (Å²) in [5.74, 6) is 2.48. The molecule has 0 aromatic carbocycles. The molecule has 1 unspecified atom stereocenters. The van der Waals surface area contributed by atoms with E-state index in [1.807, 2.05) is 0 Å². The standard InChI is InChI=1S/C12H24N2S.ClH/c1-3-5-7-13-8-9-14(11-13)12-15-10-6-4-2;/h8-9H,3-7,10-12H2,1-2H3;1H. The molecule has 1 rings (SSSR count). The van der Waals surface area contributed by atoms with Crippen LogP contribution in [0, 0.1) is 0 Å². The molecule has 0 bridgehead atoms.